The minimum Gasteiger partial charge on any atom is -0.481 e. The van der Waals surface area contributed by atoms with Crippen LogP contribution in [0.25, 0.3) is 11.0 Å². The molecule has 4 unspecified atom stereocenters. The van der Waals surface area contributed by atoms with E-state index < -0.39 is 5.97 Å². The Hall–Kier alpha value is -2.78. The lowest BCUT2D eigenvalue weighted by Gasteiger charge is -2.41. The Kier molecular flexibility index (Phi) is 12.8. The number of likely N-dealkylation sites (N-methyl/N-ethyl adjacent to an activating group) is 1. The molecule has 3 fully saturated rings. The molecule has 0 radical (unpaired) electrons. The number of carboxylic acid groups (broad SMARTS) is 1. The summed E-state index contributed by atoms with van der Waals surface area (Å²) >= 11 is 0. The van der Waals surface area contributed by atoms with Crippen LogP contribution >= 0.6 is 0 Å². The molecule has 2 bridgehead atoms. The number of aliphatic carboxylic acids is 1. The smallest absolute Gasteiger partial charge is 0.303 e. The lowest BCUT2D eigenvalue weighted by Crippen LogP contribution is -2.50. The first-order chi connectivity index (χ1) is 21.1. The monoisotopic (exact) mass is 609 g/mol. The highest BCUT2D eigenvalue weighted by Gasteiger charge is 2.34. The average Bonchev–Trinajstić information content (AvgIpc) is 2.95. The van der Waals surface area contributed by atoms with Gasteiger partial charge in [0, 0.05) is 31.1 Å². The van der Waals surface area contributed by atoms with Crippen molar-refractivity contribution in [2.75, 3.05) is 27.2 Å². The van der Waals surface area contributed by atoms with Crippen molar-refractivity contribution in [3.8, 4) is 0 Å². The fourth-order valence-corrected chi connectivity index (χ4v) is 7.45. The lowest BCUT2D eigenvalue weighted by molar-refractivity contribution is -0.136. The number of nitrogens with zero attached hydrogens (tertiary/aromatic N) is 4. The number of fused-ring (bicyclic) bond motifs is 3. The van der Waals surface area contributed by atoms with E-state index in [1.54, 1.807) is 0 Å². The summed E-state index contributed by atoms with van der Waals surface area (Å²) < 4.78 is 1.87. The van der Waals surface area contributed by atoms with Gasteiger partial charge in [0.15, 0.2) is 5.69 Å². The molecule has 1 aliphatic carbocycles. The highest BCUT2D eigenvalue weighted by atomic mass is 16.6. The van der Waals surface area contributed by atoms with Crippen molar-refractivity contribution in [2.45, 2.75) is 116 Å². The van der Waals surface area contributed by atoms with Crippen LogP contribution < -0.4 is 10.9 Å². The second-order valence-corrected chi connectivity index (χ2v) is 14.0. The Morgan fingerprint density at radius 1 is 0.977 bits per heavy atom. The zero-order chi connectivity index (χ0) is 31.6. The Balaban J connectivity index is 0.000000339. The van der Waals surface area contributed by atoms with E-state index in [0.717, 1.165) is 49.0 Å². The maximum atomic E-state index is 13.8. The molecule has 2 saturated heterocycles. The summed E-state index contributed by atoms with van der Waals surface area (Å²) in [7, 11) is 3.85. The average molecular weight is 610 g/mol. The van der Waals surface area contributed by atoms with Crippen LogP contribution in [0.3, 0.4) is 0 Å². The van der Waals surface area contributed by atoms with E-state index in [9.17, 15) is 14.7 Å². The predicted molar refractivity (Wildman–Crippen MR) is 177 cm³/mol. The Morgan fingerprint density at radius 2 is 1.61 bits per heavy atom. The minimum atomic E-state index is -0.955. The summed E-state index contributed by atoms with van der Waals surface area (Å²) in [4.78, 5) is 37.1. The minimum absolute atomic E-state index is 0.0658. The molecule has 1 saturated carbocycles. The number of carboxylic acids is 1. The van der Waals surface area contributed by atoms with Gasteiger partial charge >= 0.3 is 5.97 Å². The number of carbonyl (C=O) groups is 1. The van der Waals surface area contributed by atoms with Gasteiger partial charge < -0.3 is 24.7 Å². The van der Waals surface area contributed by atoms with E-state index in [0.29, 0.717) is 30.8 Å². The van der Waals surface area contributed by atoms with Crippen LogP contribution in [0.4, 0.5) is 0 Å². The molecule has 1 aromatic heterocycles. The second kappa shape index (κ2) is 16.5. The van der Waals surface area contributed by atoms with E-state index in [1.807, 2.05) is 47.8 Å². The first-order valence-electron chi connectivity index (χ1n) is 16.9. The van der Waals surface area contributed by atoms with E-state index in [-0.39, 0.29) is 35.8 Å². The number of aromatic nitrogens is 2. The SMILES string of the molecule is CC1CCCC(C)CC(C)C1.CN(C)CCO/N=C(\CCC(=O)O)c1nc2ccccc2n(C2CC3CCCC(C2)N3)c1=O. The van der Waals surface area contributed by atoms with Gasteiger partial charge in [-0.15, -0.1) is 0 Å². The van der Waals surface area contributed by atoms with Gasteiger partial charge in [-0.3, -0.25) is 9.59 Å². The van der Waals surface area contributed by atoms with Crippen LogP contribution in [0, 0.1) is 17.8 Å². The topological polar surface area (TPSA) is 109 Å². The fraction of sp³-hybridized carbons (Fsp3) is 0.714. The summed E-state index contributed by atoms with van der Waals surface area (Å²) in [5, 5.41) is 17.1. The molecule has 2 aromatic rings. The summed E-state index contributed by atoms with van der Waals surface area (Å²) in [6, 6.07) is 8.54. The quantitative estimate of drug-likeness (QED) is 0.197. The highest BCUT2D eigenvalue weighted by Crippen LogP contribution is 2.33. The molecule has 3 aliphatic rings. The van der Waals surface area contributed by atoms with Crippen molar-refractivity contribution >= 4 is 22.7 Å². The number of nitrogens with one attached hydrogen (secondary N) is 1. The number of hydrogen-bond acceptors (Lipinski definition) is 7. The van der Waals surface area contributed by atoms with Gasteiger partial charge in [0.05, 0.1) is 17.5 Å². The van der Waals surface area contributed by atoms with E-state index >= 15 is 0 Å². The number of hydrogen-bond donors (Lipinski definition) is 2. The third-order valence-corrected chi connectivity index (χ3v) is 9.51. The first-order valence-corrected chi connectivity index (χ1v) is 16.9. The van der Waals surface area contributed by atoms with Crippen molar-refractivity contribution in [3.63, 3.8) is 0 Å². The Labute approximate surface area is 263 Å². The molecule has 5 rings (SSSR count). The number of rotatable bonds is 9. The van der Waals surface area contributed by atoms with Crippen LogP contribution in [0.5, 0.6) is 0 Å². The second-order valence-electron chi connectivity index (χ2n) is 14.0. The van der Waals surface area contributed by atoms with Gasteiger partial charge in [-0.05, 0) is 82.5 Å². The lowest BCUT2D eigenvalue weighted by atomic mass is 9.82. The van der Waals surface area contributed by atoms with Crippen LogP contribution in [0.15, 0.2) is 34.2 Å². The van der Waals surface area contributed by atoms with Crippen molar-refractivity contribution in [2.24, 2.45) is 22.9 Å². The summed E-state index contributed by atoms with van der Waals surface area (Å²) in [5.74, 6) is 1.98. The number of piperidine rings is 2. The largest absolute Gasteiger partial charge is 0.481 e. The van der Waals surface area contributed by atoms with Crippen molar-refractivity contribution < 1.29 is 14.7 Å². The highest BCUT2D eigenvalue weighted by molar-refractivity contribution is 6.00. The Bertz CT molecular complexity index is 1280. The molecule has 2 aliphatic heterocycles. The zero-order valence-electron chi connectivity index (χ0n) is 27.6. The fourth-order valence-electron chi connectivity index (χ4n) is 7.45. The van der Waals surface area contributed by atoms with Gasteiger partial charge in [-0.1, -0.05) is 63.7 Å². The molecule has 3 heterocycles. The van der Waals surface area contributed by atoms with Crippen LogP contribution in [0.1, 0.15) is 110 Å². The van der Waals surface area contributed by atoms with Crippen LogP contribution in [0.2, 0.25) is 0 Å². The number of oxime groups is 1. The summed E-state index contributed by atoms with van der Waals surface area (Å²) in [5.41, 5.74) is 1.76. The van der Waals surface area contributed by atoms with E-state index in [2.05, 4.69) is 36.2 Å². The number of para-hydroxylation sites is 2. The zero-order valence-corrected chi connectivity index (χ0v) is 27.6. The van der Waals surface area contributed by atoms with E-state index in [1.165, 1.54) is 38.5 Å². The predicted octanol–water partition coefficient (Wildman–Crippen LogP) is 6.25. The summed E-state index contributed by atoms with van der Waals surface area (Å²) in [6.45, 7) is 8.23. The molecular formula is C35H55N5O4. The molecule has 9 heteroatoms. The molecule has 9 nitrogen and oxygen atoms in total. The normalized spacial score (nSPS) is 27.6. The van der Waals surface area contributed by atoms with Gasteiger partial charge in [0.2, 0.25) is 0 Å². The first kappa shape index (κ1) is 34.1. The van der Waals surface area contributed by atoms with Crippen molar-refractivity contribution in [1.82, 2.24) is 19.8 Å². The maximum Gasteiger partial charge on any atom is 0.303 e. The van der Waals surface area contributed by atoms with Gasteiger partial charge in [0.1, 0.15) is 12.3 Å². The third kappa shape index (κ3) is 9.86. The van der Waals surface area contributed by atoms with Gasteiger partial charge in [-0.2, -0.15) is 0 Å². The molecule has 44 heavy (non-hydrogen) atoms. The molecule has 2 N–H and O–H groups in total. The Morgan fingerprint density at radius 3 is 2.25 bits per heavy atom. The van der Waals surface area contributed by atoms with E-state index in [4.69, 9.17) is 4.84 Å². The third-order valence-electron chi connectivity index (χ3n) is 9.51. The molecular weight excluding hydrogens is 554 g/mol. The number of benzene rings is 1. The summed E-state index contributed by atoms with van der Waals surface area (Å²) in [6.07, 6.45) is 12.5. The molecule has 1 aromatic carbocycles. The molecule has 4 atom stereocenters. The van der Waals surface area contributed by atoms with Crippen LogP contribution in [-0.4, -0.2) is 70.6 Å². The maximum absolute atomic E-state index is 13.8. The van der Waals surface area contributed by atoms with Gasteiger partial charge in [-0.25, -0.2) is 4.98 Å². The molecule has 0 spiro atoms. The molecule has 0 amide bonds. The van der Waals surface area contributed by atoms with Crippen LogP contribution in [-0.2, 0) is 9.63 Å². The van der Waals surface area contributed by atoms with Gasteiger partial charge in [0.25, 0.3) is 5.56 Å². The van der Waals surface area contributed by atoms with Crippen molar-refractivity contribution in [1.29, 1.82) is 0 Å². The standard InChI is InChI=1S/C24H33N5O4.C11H22/c1-28(2)12-13-33-27-20(10-11-22(30)31)23-24(32)29(21-9-4-3-8-19(21)26-23)18-14-16-6-5-7-17(15-18)25-16;1-9-5-4-6-10(2)8-11(3)7-9/h3-4,8-9,16-18,25H,5-7,10-15H2,1-2H3,(H,30,31);9-11H,4-8H2,1-3H3/b27-20+;. The van der Waals surface area contributed by atoms with Crippen molar-refractivity contribution in [3.05, 3.63) is 40.3 Å². The molecule has 244 valence electrons.